The summed E-state index contributed by atoms with van der Waals surface area (Å²) in [6.07, 6.45) is 2.60. The van der Waals surface area contributed by atoms with E-state index in [2.05, 4.69) is 10.3 Å². The summed E-state index contributed by atoms with van der Waals surface area (Å²) in [6.45, 7) is 4.10. The van der Waals surface area contributed by atoms with Crippen LogP contribution in [0.4, 0.5) is 0 Å². The van der Waals surface area contributed by atoms with E-state index in [1.165, 1.54) is 18.5 Å². The fraction of sp³-hybridized carbons (Fsp3) is 0.700. The quantitative estimate of drug-likeness (QED) is 0.746. The lowest BCUT2D eigenvalue weighted by Crippen LogP contribution is -2.40. The first kappa shape index (κ1) is 7.56. The normalized spacial score (nSPS) is 23.2. The summed E-state index contributed by atoms with van der Waals surface area (Å²) in [4.78, 5) is 4.59. The third-order valence-electron chi connectivity index (χ3n) is 2.94. The van der Waals surface area contributed by atoms with Gasteiger partial charge in [-0.15, -0.1) is 0 Å². The number of hydrogen-bond donors (Lipinski definition) is 1. The van der Waals surface area contributed by atoms with Gasteiger partial charge in [-0.05, 0) is 19.8 Å². The van der Waals surface area contributed by atoms with Crippen molar-refractivity contribution in [2.45, 2.75) is 31.6 Å². The molecule has 1 aliphatic carbocycles. The molecule has 0 aromatic carbocycles. The molecular weight excluding hydrogens is 164 g/mol. The van der Waals surface area contributed by atoms with Crippen molar-refractivity contribution in [3.8, 4) is 0 Å². The van der Waals surface area contributed by atoms with Crippen molar-refractivity contribution in [3.05, 3.63) is 17.3 Å². The number of aryl methyl sites for hydroxylation is 1. The van der Waals surface area contributed by atoms with Gasteiger partial charge in [-0.1, -0.05) is 0 Å². The monoisotopic (exact) mass is 178 g/mol. The molecule has 2 heterocycles. The Bertz CT molecular complexity index is 324. The Hall–Kier alpha value is -0.830. The molecule has 0 amide bonds. The average molecular weight is 178 g/mol. The minimum absolute atomic E-state index is 0.534. The van der Waals surface area contributed by atoms with Gasteiger partial charge in [0.1, 0.15) is 5.76 Å². The van der Waals surface area contributed by atoms with E-state index in [-0.39, 0.29) is 0 Å². The molecule has 3 nitrogen and oxygen atoms in total. The van der Waals surface area contributed by atoms with Crippen LogP contribution in [-0.2, 0) is 0 Å². The summed E-state index contributed by atoms with van der Waals surface area (Å²) >= 11 is 0. The summed E-state index contributed by atoms with van der Waals surface area (Å²) in [7, 11) is 0. The van der Waals surface area contributed by atoms with E-state index < -0.39 is 0 Å². The molecule has 0 radical (unpaired) electrons. The molecule has 2 aliphatic rings. The van der Waals surface area contributed by atoms with E-state index >= 15 is 0 Å². The van der Waals surface area contributed by atoms with Gasteiger partial charge < -0.3 is 9.73 Å². The highest BCUT2D eigenvalue weighted by molar-refractivity contribution is 5.20. The molecule has 0 spiro atoms. The van der Waals surface area contributed by atoms with Gasteiger partial charge in [0.25, 0.3) is 0 Å². The van der Waals surface area contributed by atoms with Crippen LogP contribution in [0.1, 0.15) is 42.0 Å². The number of nitrogens with zero attached hydrogens (tertiary/aromatic N) is 1. The molecule has 1 aromatic heterocycles. The van der Waals surface area contributed by atoms with E-state index in [1.54, 1.807) is 0 Å². The van der Waals surface area contributed by atoms with Crippen LogP contribution in [0, 0.1) is 6.92 Å². The third kappa shape index (κ3) is 1.18. The summed E-state index contributed by atoms with van der Waals surface area (Å²) in [5, 5.41) is 3.23. The van der Waals surface area contributed by atoms with Crippen LogP contribution in [0.3, 0.4) is 0 Å². The Labute approximate surface area is 77.5 Å². The molecule has 0 bridgehead atoms. The van der Waals surface area contributed by atoms with Crippen molar-refractivity contribution in [1.82, 2.24) is 10.3 Å². The van der Waals surface area contributed by atoms with E-state index in [0.717, 1.165) is 24.7 Å². The molecule has 3 heteroatoms. The number of nitrogens with one attached hydrogen (secondary N) is 1. The lowest BCUT2D eigenvalue weighted by atomic mass is 10.0. The lowest BCUT2D eigenvalue weighted by molar-refractivity contribution is 0.350. The second kappa shape index (κ2) is 2.58. The standard InChI is InChI=1S/C10H14N2O/c1-6-9(7-2-3-7)12-10(13-6)8-4-11-5-8/h7-8,11H,2-5H2,1H3. The summed E-state index contributed by atoms with van der Waals surface area (Å²) in [5.41, 5.74) is 1.22. The lowest BCUT2D eigenvalue weighted by Gasteiger charge is -2.23. The molecule has 2 fully saturated rings. The third-order valence-corrected chi connectivity index (χ3v) is 2.94. The van der Waals surface area contributed by atoms with Crippen molar-refractivity contribution in [2.75, 3.05) is 13.1 Å². The molecule has 1 saturated carbocycles. The van der Waals surface area contributed by atoms with Gasteiger partial charge in [-0.2, -0.15) is 0 Å². The predicted octanol–water partition coefficient (Wildman–Crippen LogP) is 1.55. The maximum atomic E-state index is 5.67. The SMILES string of the molecule is Cc1oc(C2CNC2)nc1C1CC1. The molecule has 1 aliphatic heterocycles. The average Bonchev–Trinajstić information content (AvgIpc) is 2.74. The molecular formula is C10H14N2O. The largest absolute Gasteiger partial charge is 0.445 e. The second-order valence-electron chi connectivity index (χ2n) is 4.12. The van der Waals surface area contributed by atoms with Gasteiger partial charge in [0, 0.05) is 19.0 Å². The van der Waals surface area contributed by atoms with Crippen LogP contribution in [0.25, 0.3) is 0 Å². The summed E-state index contributed by atoms with van der Waals surface area (Å²) < 4.78 is 5.67. The fourth-order valence-corrected chi connectivity index (χ4v) is 1.80. The van der Waals surface area contributed by atoms with Crippen molar-refractivity contribution in [1.29, 1.82) is 0 Å². The van der Waals surface area contributed by atoms with E-state index in [9.17, 15) is 0 Å². The maximum absolute atomic E-state index is 5.67. The van der Waals surface area contributed by atoms with Gasteiger partial charge in [-0.25, -0.2) is 4.98 Å². The molecule has 0 unspecified atom stereocenters. The molecule has 1 aromatic rings. The molecule has 3 rings (SSSR count). The minimum atomic E-state index is 0.534. The van der Waals surface area contributed by atoms with Crippen molar-refractivity contribution in [2.24, 2.45) is 0 Å². The summed E-state index contributed by atoms with van der Waals surface area (Å²) in [5.74, 6) is 3.25. The highest BCUT2D eigenvalue weighted by Crippen LogP contribution is 2.41. The molecule has 13 heavy (non-hydrogen) atoms. The highest BCUT2D eigenvalue weighted by atomic mass is 16.4. The zero-order chi connectivity index (χ0) is 8.84. The van der Waals surface area contributed by atoms with E-state index in [0.29, 0.717) is 11.8 Å². The van der Waals surface area contributed by atoms with Crippen LogP contribution < -0.4 is 5.32 Å². The van der Waals surface area contributed by atoms with Gasteiger partial charge in [0.05, 0.1) is 11.6 Å². The van der Waals surface area contributed by atoms with Crippen LogP contribution in [0.15, 0.2) is 4.42 Å². The van der Waals surface area contributed by atoms with Gasteiger partial charge in [0.2, 0.25) is 0 Å². The molecule has 0 atom stereocenters. The van der Waals surface area contributed by atoms with Crippen LogP contribution in [-0.4, -0.2) is 18.1 Å². The Morgan fingerprint density at radius 1 is 1.31 bits per heavy atom. The molecule has 1 N–H and O–H groups in total. The van der Waals surface area contributed by atoms with Gasteiger partial charge in [0.15, 0.2) is 5.89 Å². The second-order valence-corrected chi connectivity index (χ2v) is 4.12. The molecule has 70 valence electrons. The fourth-order valence-electron chi connectivity index (χ4n) is 1.80. The number of hydrogen-bond acceptors (Lipinski definition) is 3. The minimum Gasteiger partial charge on any atom is -0.445 e. The van der Waals surface area contributed by atoms with Crippen molar-refractivity contribution >= 4 is 0 Å². The van der Waals surface area contributed by atoms with Gasteiger partial charge in [-0.3, -0.25) is 0 Å². The van der Waals surface area contributed by atoms with E-state index in [1.807, 2.05) is 6.92 Å². The molecule has 1 saturated heterocycles. The zero-order valence-electron chi connectivity index (χ0n) is 7.84. The Morgan fingerprint density at radius 3 is 2.62 bits per heavy atom. The predicted molar refractivity (Wildman–Crippen MR) is 48.8 cm³/mol. The Kier molecular flexibility index (Phi) is 1.50. The first-order valence-electron chi connectivity index (χ1n) is 5.02. The first-order valence-corrected chi connectivity index (χ1v) is 5.02. The number of rotatable bonds is 2. The van der Waals surface area contributed by atoms with Crippen molar-refractivity contribution in [3.63, 3.8) is 0 Å². The zero-order valence-corrected chi connectivity index (χ0v) is 7.84. The van der Waals surface area contributed by atoms with Crippen LogP contribution >= 0.6 is 0 Å². The Balaban J connectivity index is 1.89. The topological polar surface area (TPSA) is 38.1 Å². The van der Waals surface area contributed by atoms with Crippen LogP contribution in [0.2, 0.25) is 0 Å². The van der Waals surface area contributed by atoms with Crippen molar-refractivity contribution < 1.29 is 4.42 Å². The maximum Gasteiger partial charge on any atom is 0.200 e. The van der Waals surface area contributed by atoms with Gasteiger partial charge >= 0.3 is 0 Å². The number of oxazole rings is 1. The smallest absolute Gasteiger partial charge is 0.200 e. The van der Waals surface area contributed by atoms with Crippen LogP contribution in [0.5, 0.6) is 0 Å². The highest BCUT2D eigenvalue weighted by Gasteiger charge is 2.32. The summed E-state index contributed by atoms with van der Waals surface area (Å²) in [6, 6.07) is 0. The Morgan fingerprint density at radius 2 is 2.08 bits per heavy atom. The first-order chi connectivity index (χ1) is 6.34. The van der Waals surface area contributed by atoms with E-state index in [4.69, 9.17) is 4.42 Å². The number of aromatic nitrogens is 1.